The van der Waals surface area contributed by atoms with Crippen molar-refractivity contribution in [2.24, 2.45) is 0 Å². The molecule has 0 heterocycles. The van der Waals surface area contributed by atoms with E-state index >= 15 is 0 Å². The second-order valence-electron chi connectivity index (χ2n) is 7.44. The Morgan fingerprint density at radius 3 is 2.56 bits per heavy atom. The number of hydrogen-bond donors (Lipinski definition) is 1. The van der Waals surface area contributed by atoms with E-state index in [1.165, 1.54) is 12.1 Å². The fraction of sp³-hybridized carbons (Fsp3) is 0.143. The summed E-state index contributed by atoms with van der Waals surface area (Å²) in [5.74, 6) is 0.516. The van der Waals surface area contributed by atoms with Crippen LogP contribution in [0.2, 0.25) is 0 Å². The van der Waals surface area contributed by atoms with Gasteiger partial charge in [-0.15, -0.1) is 6.58 Å². The molecular formula is C28H25FN2O3. The van der Waals surface area contributed by atoms with Crippen LogP contribution in [0.15, 0.2) is 85.0 Å². The molecule has 0 fully saturated rings. The van der Waals surface area contributed by atoms with Crippen LogP contribution in [0.5, 0.6) is 11.5 Å². The molecule has 0 aliphatic rings. The van der Waals surface area contributed by atoms with Crippen LogP contribution in [0.25, 0.3) is 6.08 Å². The SMILES string of the molecule is C=CCc1cc(/C=C(/C#N)C(=O)NCc2ccc(OC)cc2)ccc1OCc1ccccc1F. The summed E-state index contributed by atoms with van der Waals surface area (Å²) in [6.07, 6.45) is 3.77. The van der Waals surface area contributed by atoms with Crippen molar-refractivity contribution in [3.63, 3.8) is 0 Å². The van der Waals surface area contributed by atoms with Crippen LogP contribution in [-0.2, 0) is 24.4 Å². The standard InChI is InChI=1S/C28H25FN2O3/c1-3-6-22-15-21(11-14-27(22)34-19-23-7-4-5-8-26(23)29)16-24(17-30)28(32)31-18-20-9-12-25(33-2)13-10-20/h3-5,7-16H,1,6,18-19H2,2H3,(H,31,32)/b24-16-. The van der Waals surface area contributed by atoms with E-state index in [1.807, 2.05) is 24.3 Å². The predicted molar refractivity (Wildman–Crippen MR) is 130 cm³/mol. The maximum absolute atomic E-state index is 13.9. The zero-order valence-electron chi connectivity index (χ0n) is 18.9. The Morgan fingerprint density at radius 1 is 1.12 bits per heavy atom. The highest BCUT2D eigenvalue weighted by atomic mass is 19.1. The van der Waals surface area contributed by atoms with Gasteiger partial charge in [-0.1, -0.05) is 42.5 Å². The smallest absolute Gasteiger partial charge is 0.262 e. The van der Waals surface area contributed by atoms with Gasteiger partial charge in [0.1, 0.15) is 35.6 Å². The number of nitriles is 1. The molecule has 0 aliphatic heterocycles. The topological polar surface area (TPSA) is 71.4 Å². The molecule has 0 spiro atoms. The van der Waals surface area contributed by atoms with Gasteiger partial charge in [0.25, 0.3) is 5.91 Å². The van der Waals surface area contributed by atoms with Gasteiger partial charge in [0, 0.05) is 12.1 Å². The van der Waals surface area contributed by atoms with Crippen molar-refractivity contribution in [2.75, 3.05) is 7.11 Å². The lowest BCUT2D eigenvalue weighted by Crippen LogP contribution is -2.23. The molecule has 0 aromatic heterocycles. The molecular weight excluding hydrogens is 431 g/mol. The predicted octanol–water partition coefficient (Wildman–Crippen LogP) is 5.37. The minimum atomic E-state index is -0.469. The number of carbonyl (C=O) groups is 1. The first-order valence-electron chi connectivity index (χ1n) is 10.7. The van der Waals surface area contributed by atoms with Crippen LogP contribution in [0, 0.1) is 17.1 Å². The summed E-state index contributed by atoms with van der Waals surface area (Å²) in [6.45, 7) is 4.14. The summed E-state index contributed by atoms with van der Waals surface area (Å²) in [4.78, 5) is 12.5. The summed E-state index contributed by atoms with van der Waals surface area (Å²) in [5, 5.41) is 12.3. The highest BCUT2D eigenvalue weighted by molar-refractivity contribution is 6.01. The molecule has 34 heavy (non-hydrogen) atoms. The molecule has 3 aromatic rings. The molecule has 3 aromatic carbocycles. The van der Waals surface area contributed by atoms with E-state index in [4.69, 9.17) is 9.47 Å². The van der Waals surface area contributed by atoms with E-state index in [-0.39, 0.29) is 24.5 Å². The van der Waals surface area contributed by atoms with Crippen molar-refractivity contribution in [1.29, 1.82) is 5.26 Å². The lowest BCUT2D eigenvalue weighted by molar-refractivity contribution is -0.117. The summed E-state index contributed by atoms with van der Waals surface area (Å²) in [6, 6.07) is 21.0. The van der Waals surface area contributed by atoms with Gasteiger partial charge >= 0.3 is 0 Å². The number of amides is 1. The zero-order valence-corrected chi connectivity index (χ0v) is 18.9. The van der Waals surface area contributed by atoms with Gasteiger partial charge in [-0.2, -0.15) is 5.26 Å². The third kappa shape index (κ3) is 6.57. The molecule has 0 atom stereocenters. The summed E-state index contributed by atoms with van der Waals surface area (Å²) < 4.78 is 24.8. The Labute approximate surface area is 198 Å². The number of methoxy groups -OCH3 is 1. The summed E-state index contributed by atoms with van der Waals surface area (Å²) in [5.41, 5.74) is 2.81. The second kappa shape index (κ2) is 12.0. The minimum Gasteiger partial charge on any atom is -0.497 e. The van der Waals surface area contributed by atoms with Crippen LogP contribution in [0.4, 0.5) is 4.39 Å². The first-order valence-corrected chi connectivity index (χ1v) is 10.7. The van der Waals surface area contributed by atoms with Crippen molar-refractivity contribution in [1.82, 2.24) is 5.32 Å². The van der Waals surface area contributed by atoms with E-state index in [0.29, 0.717) is 23.3 Å². The molecule has 0 saturated carbocycles. The monoisotopic (exact) mass is 456 g/mol. The van der Waals surface area contributed by atoms with Crippen molar-refractivity contribution < 1.29 is 18.7 Å². The van der Waals surface area contributed by atoms with Gasteiger partial charge in [0.05, 0.1) is 7.11 Å². The molecule has 3 rings (SSSR count). The molecule has 0 radical (unpaired) electrons. The van der Waals surface area contributed by atoms with E-state index < -0.39 is 5.91 Å². The Morgan fingerprint density at radius 2 is 1.88 bits per heavy atom. The van der Waals surface area contributed by atoms with Gasteiger partial charge in [-0.3, -0.25) is 4.79 Å². The summed E-state index contributed by atoms with van der Waals surface area (Å²) in [7, 11) is 1.59. The first kappa shape index (κ1) is 24.3. The molecule has 1 N–H and O–H groups in total. The van der Waals surface area contributed by atoms with Crippen LogP contribution in [0.1, 0.15) is 22.3 Å². The third-order valence-electron chi connectivity index (χ3n) is 5.08. The van der Waals surface area contributed by atoms with Gasteiger partial charge in [-0.25, -0.2) is 4.39 Å². The molecule has 0 unspecified atom stereocenters. The molecule has 0 saturated heterocycles. The average Bonchev–Trinajstić information content (AvgIpc) is 2.86. The Bertz CT molecular complexity index is 1230. The quantitative estimate of drug-likeness (QED) is 0.253. The van der Waals surface area contributed by atoms with E-state index in [9.17, 15) is 14.4 Å². The Hall–Kier alpha value is -4.37. The maximum atomic E-state index is 13.9. The number of rotatable bonds is 10. The van der Waals surface area contributed by atoms with Crippen molar-refractivity contribution in [3.05, 3.63) is 113 Å². The molecule has 6 heteroatoms. The van der Waals surface area contributed by atoms with E-state index in [0.717, 1.165) is 16.9 Å². The van der Waals surface area contributed by atoms with Crippen LogP contribution >= 0.6 is 0 Å². The molecule has 0 bridgehead atoms. The molecule has 1 amide bonds. The largest absolute Gasteiger partial charge is 0.497 e. The Kier molecular flexibility index (Phi) is 8.59. The van der Waals surface area contributed by atoms with Gasteiger partial charge < -0.3 is 14.8 Å². The molecule has 0 aliphatic carbocycles. The van der Waals surface area contributed by atoms with Gasteiger partial charge in [0.2, 0.25) is 0 Å². The highest BCUT2D eigenvalue weighted by Gasteiger charge is 2.11. The van der Waals surface area contributed by atoms with Crippen LogP contribution in [-0.4, -0.2) is 13.0 Å². The lowest BCUT2D eigenvalue weighted by atomic mass is 10.0. The number of halogens is 1. The molecule has 172 valence electrons. The number of carbonyl (C=O) groups excluding carboxylic acids is 1. The fourth-order valence-corrected chi connectivity index (χ4v) is 3.25. The highest BCUT2D eigenvalue weighted by Crippen LogP contribution is 2.24. The fourth-order valence-electron chi connectivity index (χ4n) is 3.25. The van der Waals surface area contributed by atoms with Crippen molar-refractivity contribution in [3.8, 4) is 17.6 Å². The third-order valence-corrected chi connectivity index (χ3v) is 5.08. The van der Waals surface area contributed by atoms with Crippen molar-refractivity contribution in [2.45, 2.75) is 19.6 Å². The average molecular weight is 457 g/mol. The van der Waals surface area contributed by atoms with Crippen LogP contribution in [0.3, 0.4) is 0 Å². The number of allylic oxidation sites excluding steroid dienone is 1. The number of hydrogen-bond acceptors (Lipinski definition) is 4. The Balaban J connectivity index is 1.72. The van der Waals surface area contributed by atoms with E-state index in [1.54, 1.807) is 55.7 Å². The number of benzene rings is 3. The number of nitrogens with one attached hydrogen (secondary N) is 1. The number of nitrogens with zero attached hydrogens (tertiary/aromatic N) is 1. The lowest BCUT2D eigenvalue weighted by Gasteiger charge is -2.12. The van der Waals surface area contributed by atoms with Gasteiger partial charge in [0.15, 0.2) is 0 Å². The van der Waals surface area contributed by atoms with Gasteiger partial charge in [-0.05, 0) is 59.5 Å². The second-order valence-corrected chi connectivity index (χ2v) is 7.44. The summed E-state index contributed by atoms with van der Waals surface area (Å²) >= 11 is 0. The minimum absolute atomic E-state index is 0.0157. The molecule has 5 nitrogen and oxygen atoms in total. The normalized spacial score (nSPS) is 10.8. The van der Waals surface area contributed by atoms with Crippen molar-refractivity contribution >= 4 is 12.0 Å². The maximum Gasteiger partial charge on any atom is 0.262 e. The number of ether oxygens (including phenoxy) is 2. The van der Waals surface area contributed by atoms with E-state index in [2.05, 4.69) is 11.9 Å². The van der Waals surface area contributed by atoms with Crippen LogP contribution < -0.4 is 14.8 Å². The zero-order chi connectivity index (χ0) is 24.3. The first-order chi connectivity index (χ1) is 16.5.